The number of carbonyl (C=O) groups excluding carboxylic acids is 3. The van der Waals surface area contributed by atoms with E-state index in [2.05, 4.69) is 0 Å². The molecule has 0 radical (unpaired) electrons. The molecule has 228 valence electrons. The minimum absolute atomic E-state index is 0.0864. The summed E-state index contributed by atoms with van der Waals surface area (Å²) in [6, 6.07) is 6.79. The van der Waals surface area contributed by atoms with Crippen molar-refractivity contribution in [2.24, 2.45) is 5.92 Å². The number of amides is 3. The van der Waals surface area contributed by atoms with Crippen molar-refractivity contribution in [3.8, 4) is 0 Å². The summed E-state index contributed by atoms with van der Waals surface area (Å²) in [6.45, 7) is 4.75. The van der Waals surface area contributed by atoms with Crippen LogP contribution in [0.4, 0.5) is 26.7 Å². The Morgan fingerprint density at radius 1 is 1.07 bits per heavy atom. The number of piperazine rings is 1. The van der Waals surface area contributed by atoms with Crippen LogP contribution in [0.3, 0.4) is 0 Å². The Morgan fingerprint density at radius 3 is 2.31 bits per heavy atom. The maximum Gasteiger partial charge on any atom is 0.416 e. The quantitative estimate of drug-likeness (QED) is 0.231. The number of carbonyl (C=O) groups is 3. The number of ether oxygens (including phenoxy) is 1. The molecule has 4 atom stereocenters. The van der Waals surface area contributed by atoms with E-state index in [0.717, 1.165) is 23.3 Å². The molecule has 4 rings (SSSR count). The first kappa shape index (κ1) is 31.2. The molecule has 0 N–H and O–H groups in total. The third-order valence-corrected chi connectivity index (χ3v) is 8.49. The van der Waals surface area contributed by atoms with Gasteiger partial charge in [-0.25, -0.2) is 13.6 Å². The van der Waals surface area contributed by atoms with Crippen molar-refractivity contribution in [2.45, 2.75) is 63.8 Å². The van der Waals surface area contributed by atoms with Gasteiger partial charge in [0.25, 0.3) is 5.92 Å². The molecule has 7 nitrogen and oxygen atoms in total. The van der Waals surface area contributed by atoms with Crippen LogP contribution in [0.15, 0.2) is 42.5 Å². The van der Waals surface area contributed by atoms with Crippen LogP contribution < -0.4 is 0 Å². The predicted molar refractivity (Wildman–Crippen MR) is 143 cm³/mol. The highest BCUT2D eigenvalue weighted by Crippen LogP contribution is 2.43. The number of nitrogens with zero attached hydrogens (tertiary/aromatic N) is 3. The van der Waals surface area contributed by atoms with Gasteiger partial charge in [-0.3, -0.25) is 9.59 Å². The maximum absolute atomic E-state index is 14.6. The van der Waals surface area contributed by atoms with E-state index in [-0.39, 0.29) is 31.0 Å². The number of hydrogen-bond acceptors (Lipinski definition) is 4. The zero-order valence-corrected chi connectivity index (χ0v) is 24.0. The Labute approximate surface area is 241 Å². The summed E-state index contributed by atoms with van der Waals surface area (Å²) in [7, 11) is 2.61. The average molecular weight is 596 g/mol. The van der Waals surface area contributed by atoms with Crippen LogP contribution in [0.2, 0.25) is 0 Å². The van der Waals surface area contributed by atoms with Gasteiger partial charge in [-0.1, -0.05) is 31.2 Å². The second kappa shape index (κ2) is 11.5. The van der Waals surface area contributed by atoms with E-state index in [9.17, 15) is 36.3 Å². The van der Waals surface area contributed by atoms with E-state index >= 15 is 0 Å². The summed E-state index contributed by atoms with van der Waals surface area (Å²) in [6.07, 6.45) is -5.43. The first-order valence-electron chi connectivity index (χ1n) is 13.7. The Bertz CT molecular complexity index is 1360. The highest BCUT2D eigenvalue weighted by molar-refractivity contribution is 5.99. The summed E-state index contributed by atoms with van der Waals surface area (Å²) in [4.78, 5) is 43.9. The first-order chi connectivity index (χ1) is 19.6. The van der Waals surface area contributed by atoms with Crippen molar-refractivity contribution in [3.63, 3.8) is 0 Å². The number of esters is 1. The van der Waals surface area contributed by atoms with E-state index in [1.165, 1.54) is 32.9 Å². The van der Waals surface area contributed by atoms with Gasteiger partial charge in [-0.15, -0.1) is 0 Å². The lowest BCUT2D eigenvalue weighted by molar-refractivity contribution is -0.150. The number of aryl methyl sites for hydroxylation is 1. The van der Waals surface area contributed by atoms with Crippen LogP contribution in [-0.2, 0) is 26.4 Å². The SMILES string of the molecule is CCC(F)(F)c1cc(C(C)N(C)C(=O)N2CCN3C(=O)C(C(=O)OC)CC3C2c2ccccc2C)cc(C(F)(F)F)c1. The van der Waals surface area contributed by atoms with Crippen LogP contribution in [0.5, 0.6) is 0 Å². The fourth-order valence-corrected chi connectivity index (χ4v) is 5.88. The molecule has 12 heteroatoms. The number of fused-ring (bicyclic) bond motifs is 1. The Morgan fingerprint density at radius 2 is 1.71 bits per heavy atom. The average Bonchev–Trinajstić information content (AvgIpc) is 3.31. The lowest BCUT2D eigenvalue weighted by atomic mass is 9.89. The molecule has 2 saturated heterocycles. The molecule has 2 aromatic carbocycles. The molecule has 0 aromatic heterocycles. The second-order valence-corrected chi connectivity index (χ2v) is 10.9. The van der Waals surface area contributed by atoms with Crippen LogP contribution in [0.25, 0.3) is 0 Å². The summed E-state index contributed by atoms with van der Waals surface area (Å²) in [5, 5.41) is 0. The van der Waals surface area contributed by atoms with Crippen molar-refractivity contribution in [3.05, 3.63) is 70.3 Å². The lowest BCUT2D eigenvalue weighted by Crippen LogP contribution is -2.57. The molecule has 0 bridgehead atoms. The maximum atomic E-state index is 14.6. The van der Waals surface area contributed by atoms with E-state index < -0.39 is 65.7 Å². The molecule has 2 heterocycles. The van der Waals surface area contributed by atoms with Crippen LogP contribution in [0.1, 0.15) is 66.6 Å². The molecule has 0 spiro atoms. The van der Waals surface area contributed by atoms with Crippen LogP contribution in [-0.4, -0.2) is 65.9 Å². The molecule has 0 aliphatic carbocycles. The standard InChI is InChI=1S/C30H34F5N3O4/c1-6-29(31,32)20-13-19(14-21(15-20)30(33,34)35)18(3)36(4)28(41)38-12-11-37-24(16-23(26(37)39)27(40)42-5)25(38)22-10-8-7-9-17(22)2/h7-10,13-15,18,23-25H,6,11-12,16H2,1-5H3. The summed E-state index contributed by atoms with van der Waals surface area (Å²) < 4.78 is 75.1. The fraction of sp³-hybridized carbons (Fsp3) is 0.500. The third kappa shape index (κ3) is 5.67. The number of rotatable bonds is 6. The van der Waals surface area contributed by atoms with Crippen molar-refractivity contribution < 1.29 is 41.1 Å². The van der Waals surface area contributed by atoms with Crippen LogP contribution in [0, 0.1) is 12.8 Å². The van der Waals surface area contributed by atoms with Gasteiger partial charge in [0.2, 0.25) is 5.91 Å². The number of methoxy groups -OCH3 is 1. The molecular weight excluding hydrogens is 561 g/mol. The Kier molecular flexibility index (Phi) is 8.57. The number of alkyl halides is 5. The van der Waals surface area contributed by atoms with Gasteiger partial charge < -0.3 is 19.4 Å². The van der Waals surface area contributed by atoms with E-state index in [1.807, 2.05) is 25.1 Å². The molecule has 2 aliphatic heterocycles. The Hall–Kier alpha value is -3.70. The van der Waals surface area contributed by atoms with Crippen LogP contribution >= 0.6 is 0 Å². The molecule has 2 fully saturated rings. The van der Waals surface area contributed by atoms with Crippen molar-refractivity contribution in [1.82, 2.24) is 14.7 Å². The van der Waals surface area contributed by atoms with E-state index in [0.29, 0.717) is 6.07 Å². The van der Waals surface area contributed by atoms with Gasteiger partial charge in [-0.05, 0) is 55.2 Å². The third-order valence-electron chi connectivity index (χ3n) is 8.49. The minimum Gasteiger partial charge on any atom is -0.468 e. The number of hydrogen-bond donors (Lipinski definition) is 0. The largest absolute Gasteiger partial charge is 0.468 e. The smallest absolute Gasteiger partial charge is 0.416 e. The molecule has 42 heavy (non-hydrogen) atoms. The van der Waals surface area contributed by atoms with Gasteiger partial charge in [0.15, 0.2) is 0 Å². The highest BCUT2D eigenvalue weighted by atomic mass is 19.4. The zero-order valence-electron chi connectivity index (χ0n) is 24.0. The minimum atomic E-state index is -4.87. The van der Waals surface area contributed by atoms with Gasteiger partial charge >= 0.3 is 18.2 Å². The van der Waals surface area contributed by atoms with Gasteiger partial charge in [-0.2, -0.15) is 13.2 Å². The second-order valence-electron chi connectivity index (χ2n) is 10.9. The van der Waals surface area contributed by atoms with Gasteiger partial charge in [0, 0.05) is 32.1 Å². The molecule has 2 aliphatic rings. The number of halogens is 5. The van der Waals surface area contributed by atoms with Crippen molar-refractivity contribution >= 4 is 17.9 Å². The van der Waals surface area contributed by atoms with Gasteiger partial charge in [0.1, 0.15) is 5.92 Å². The van der Waals surface area contributed by atoms with Crippen molar-refractivity contribution in [1.29, 1.82) is 0 Å². The van der Waals surface area contributed by atoms with E-state index in [4.69, 9.17) is 4.74 Å². The molecule has 3 amide bonds. The first-order valence-corrected chi connectivity index (χ1v) is 13.7. The monoisotopic (exact) mass is 595 g/mol. The fourth-order valence-electron chi connectivity index (χ4n) is 5.88. The molecular formula is C30H34F5N3O4. The predicted octanol–water partition coefficient (Wildman–Crippen LogP) is 6.08. The number of urea groups is 1. The lowest BCUT2D eigenvalue weighted by Gasteiger charge is -2.47. The van der Waals surface area contributed by atoms with Gasteiger partial charge in [0.05, 0.1) is 30.8 Å². The van der Waals surface area contributed by atoms with E-state index in [1.54, 1.807) is 15.9 Å². The summed E-state index contributed by atoms with van der Waals surface area (Å²) in [5.41, 5.74) is -0.482. The summed E-state index contributed by atoms with van der Waals surface area (Å²) in [5.74, 6) is -5.55. The summed E-state index contributed by atoms with van der Waals surface area (Å²) >= 11 is 0. The molecule has 0 saturated carbocycles. The topological polar surface area (TPSA) is 70.2 Å². The van der Waals surface area contributed by atoms with Crippen molar-refractivity contribution in [2.75, 3.05) is 27.2 Å². The normalized spacial score (nSPS) is 21.7. The molecule has 2 aromatic rings. The molecule has 4 unspecified atom stereocenters. The number of benzene rings is 2. The zero-order chi connectivity index (χ0) is 31.1. The highest BCUT2D eigenvalue weighted by Gasteiger charge is 2.52. The Balaban J connectivity index is 1.72.